The summed E-state index contributed by atoms with van der Waals surface area (Å²) in [5.74, 6) is -0.247. The molecule has 0 saturated heterocycles. The van der Waals surface area contributed by atoms with E-state index in [1.807, 2.05) is 0 Å². The third kappa shape index (κ3) is 8.88. The molecule has 0 aliphatic heterocycles. The van der Waals surface area contributed by atoms with Crippen molar-refractivity contribution in [3.05, 3.63) is 71.0 Å². The van der Waals surface area contributed by atoms with Gasteiger partial charge in [-0.1, -0.05) is 41.6 Å². The first-order chi connectivity index (χ1) is 15.0. The summed E-state index contributed by atoms with van der Waals surface area (Å²) in [7, 11) is 0. The number of amidine groups is 1. The number of oxime groups is 1. The molecular formula is C21H24FN3O7. The van der Waals surface area contributed by atoms with E-state index in [0.717, 1.165) is 5.56 Å². The van der Waals surface area contributed by atoms with E-state index in [-0.39, 0.29) is 24.8 Å². The van der Waals surface area contributed by atoms with Crippen molar-refractivity contribution in [2.24, 2.45) is 10.9 Å². The van der Waals surface area contributed by atoms with Crippen molar-refractivity contribution in [2.75, 3.05) is 0 Å². The molecule has 0 amide bonds. The van der Waals surface area contributed by atoms with Crippen LogP contribution in [0.1, 0.15) is 37.5 Å². The lowest BCUT2D eigenvalue weighted by atomic mass is 10.1. The number of carboxylic acid groups (broad SMARTS) is 1. The lowest BCUT2D eigenvalue weighted by Gasteiger charge is -2.22. The van der Waals surface area contributed by atoms with Crippen LogP contribution in [-0.2, 0) is 32.4 Å². The van der Waals surface area contributed by atoms with Gasteiger partial charge in [0.15, 0.2) is 5.84 Å². The molecule has 3 N–H and O–H groups in total. The van der Waals surface area contributed by atoms with Crippen molar-refractivity contribution in [2.45, 2.75) is 39.5 Å². The normalized spacial score (nSPS) is 11.7. The summed E-state index contributed by atoms with van der Waals surface area (Å²) in [5.41, 5.74) is 6.86. The number of carbonyl (C=O) groups excluding carboxylic acids is 1. The molecule has 0 spiro atoms. The van der Waals surface area contributed by atoms with E-state index in [1.54, 1.807) is 57.2 Å². The predicted molar refractivity (Wildman–Crippen MR) is 110 cm³/mol. The molecule has 11 heteroatoms. The Morgan fingerprint density at radius 2 is 1.62 bits per heavy atom. The summed E-state index contributed by atoms with van der Waals surface area (Å²) < 4.78 is 17.9. The van der Waals surface area contributed by atoms with Crippen LogP contribution in [0.5, 0.6) is 0 Å². The Hall–Kier alpha value is -3.86. The second kappa shape index (κ2) is 11.0. The largest absolute Gasteiger partial charge is 0.531 e. The van der Waals surface area contributed by atoms with Crippen LogP contribution in [0, 0.1) is 5.82 Å². The SMILES string of the molecule is CC(C)(C)OC(=O)ON(Cc1ccc(/C(N)=N\OCc2ccc(F)cc2)cc1)OC(=O)O. The zero-order valence-corrected chi connectivity index (χ0v) is 17.8. The first kappa shape index (κ1) is 24.4. The van der Waals surface area contributed by atoms with Gasteiger partial charge in [-0.05, 0) is 44.0 Å². The zero-order chi connectivity index (χ0) is 23.7. The molecule has 0 aliphatic carbocycles. The number of hydroxylamine groups is 2. The second-order valence-corrected chi connectivity index (χ2v) is 7.48. The topological polar surface area (TPSA) is 133 Å². The average Bonchev–Trinajstić information content (AvgIpc) is 2.68. The Morgan fingerprint density at radius 1 is 1.03 bits per heavy atom. The van der Waals surface area contributed by atoms with Crippen LogP contribution in [0.2, 0.25) is 0 Å². The number of carbonyl (C=O) groups is 2. The minimum absolute atomic E-state index is 0.0994. The first-order valence-electron chi connectivity index (χ1n) is 9.40. The number of halogens is 1. The predicted octanol–water partition coefficient (Wildman–Crippen LogP) is 3.94. The third-order valence-corrected chi connectivity index (χ3v) is 3.61. The molecule has 2 aromatic rings. The van der Waals surface area contributed by atoms with Crippen LogP contribution in [0.25, 0.3) is 0 Å². The standard InChI is InChI=1S/C21H24FN3O7/c1-21(2,3)30-20(28)32-25(31-19(26)27)12-14-4-8-16(9-5-14)18(23)24-29-13-15-6-10-17(22)11-7-15/h4-11H,12-13H2,1-3H3,(H2,23,24)(H,26,27). The van der Waals surface area contributed by atoms with Gasteiger partial charge >= 0.3 is 12.3 Å². The fraction of sp³-hybridized carbons (Fsp3) is 0.286. The number of nitrogens with zero attached hydrogens (tertiary/aromatic N) is 2. The molecule has 172 valence electrons. The van der Waals surface area contributed by atoms with Crippen LogP contribution >= 0.6 is 0 Å². The molecule has 0 aliphatic rings. The molecule has 0 saturated carbocycles. The zero-order valence-electron chi connectivity index (χ0n) is 17.8. The molecule has 0 unspecified atom stereocenters. The van der Waals surface area contributed by atoms with E-state index < -0.39 is 17.9 Å². The molecular weight excluding hydrogens is 425 g/mol. The Morgan fingerprint density at radius 3 is 2.19 bits per heavy atom. The van der Waals surface area contributed by atoms with Crippen molar-refractivity contribution < 1.29 is 38.3 Å². The van der Waals surface area contributed by atoms with E-state index in [4.69, 9.17) is 25.3 Å². The van der Waals surface area contributed by atoms with Gasteiger partial charge in [0.05, 0.1) is 6.54 Å². The van der Waals surface area contributed by atoms with Gasteiger partial charge in [0.1, 0.15) is 18.0 Å². The van der Waals surface area contributed by atoms with Crippen LogP contribution < -0.4 is 5.73 Å². The maximum Gasteiger partial charge on any atom is 0.531 e. The van der Waals surface area contributed by atoms with Gasteiger partial charge in [0, 0.05) is 10.8 Å². The third-order valence-electron chi connectivity index (χ3n) is 3.61. The molecule has 10 nitrogen and oxygen atoms in total. The van der Waals surface area contributed by atoms with Crippen LogP contribution in [0.3, 0.4) is 0 Å². The number of hydrogen-bond donors (Lipinski definition) is 2. The number of nitrogens with two attached hydrogens (primary N) is 1. The van der Waals surface area contributed by atoms with Gasteiger partial charge in [-0.2, -0.15) is 0 Å². The Kier molecular flexibility index (Phi) is 8.36. The molecule has 0 atom stereocenters. The maximum absolute atomic E-state index is 12.9. The van der Waals surface area contributed by atoms with Gasteiger partial charge < -0.3 is 20.4 Å². The molecule has 0 aromatic heterocycles. The van der Waals surface area contributed by atoms with Crippen molar-refractivity contribution in [1.82, 2.24) is 5.23 Å². The van der Waals surface area contributed by atoms with E-state index in [0.29, 0.717) is 16.4 Å². The molecule has 2 aromatic carbocycles. The summed E-state index contributed by atoms with van der Waals surface area (Å²) in [5, 5.41) is 13.1. The highest BCUT2D eigenvalue weighted by atomic mass is 19.1. The average molecular weight is 449 g/mol. The van der Waals surface area contributed by atoms with Gasteiger partial charge in [0.2, 0.25) is 0 Å². The smallest absolute Gasteiger partial charge is 0.448 e. The van der Waals surface area contributed by atoms with Crippen molar-refractivity contribution in [3.8, 4) is 0 Å². The fourth-order valence-electron chi connectivity index (χ4n) is 2.26. The van der Waals surface area contributed by atoms with Gasteiger partial charge in [-0.3, -0.25) is 9.68 Å². The summed E-state index contributed by atoms with van der Waals surface area (Å²) in [6.07, 6.45) is -2.79. The number of benzene rings is 2. The van der Waals surface area contributed by atoms with Gasteiger partial charge in [-0.15, -0.1) is 0 Å². The minimum Gasteiger partial charge on any atom is -0.448 e. The lowest BCUT2D eigenvalue weighted by molar-refractivity contribution is -0.321. The highest BCUT2D eigenvalue weighted by Gasteiger charge is 2.23. The lowest BCUT2D eigenvalue weighted by Crippen LogP contribution is -2.33. The van der Waals surface area contributed by atoms with E-state index >= 15 is 0 Å². The molecule has 32 heavy (non-hydrogen) atoms. The molecule has 0 heterocycles. The Bertz CT molecular complexity index is 941. The monoisotopic (exact) mass is 449 g/mol. The minimum atomic E-state index is -1.67. The van der Waals surface area contributed by atoms with E-state index in [2.05, 4.69) is 9.99 Å². The van der Waals surface area contributed by atoms with Crippen molar-refractivity contribution >= 4 is 18.1 Å². The molecule has 0 fully saturated rings. The molecule has 2 rings (SSSR count). The van der Waals surface area contributed by atoms with E-state index in [9.17, 15) is 14.0 Å². The van der Waals surface area contributed by atoms with Crippen LogP contribution in [0.15, 0.2) is 53.7 Å². The Balaban J connectivity index is 1.96. The second-order valence-electron chi connectivity index (χ2n) is 7.48. The summed E-state index contributed by atoms with van der Waals surface area (Å²) in [4.78, 5) is 37.1. The van der Waals surface area contributed by atoms with Crippen LogP contribution in [0.4, 0.5) is 14.0 Å². The summed E-state index contributed by atoms with van der Waals surface area (Å²) >= 11 is 0. The van der Waals surface area contributed by atoms with Crippen LogP contribution in [-0.4, -0.2) is 34.1 Å². The highest BCUT2D eigenvalue weighted by molar-refractivity contribution is 5.97. The number of hydrogen-bond acceptors (Lipinski definition) is 8. The first-order valence-corrected chi connectivity index (χ1v) is 9.40. The quantitative estimate of drug-likeness (QED) is 0.266. The van der Waals surface area contributed by atoms with E-state index in [1.165, 1.54) is 12.1 Å². The Labute approximate surface area is 183 Å². The van der Waals surface area contributed by atoms with Crippen molar-refractivity contribution in [3.63, 3.8) is 0 Å². The highest BCUT2D eigenvalue weighted by Crippen LogP contribution is 2.13. The number of ether oxygens (including phenoxy) is 1. The van der Waals surface area contributed by atoms with Gasteiger partial charge in [0.25, 0.3) is 0 Å². The molecule has 0 bridgehead atoms. The summed E-state index contributed by atoms with van der Waals surface area (Å²) in [6.45, 7) is 4.80. The molecule has 0 radical (unpaired) electrons. The summed E-state index contributed by atoms with van der Waals surface area (Å²) in [6, 6.07) is 12.2. The fourth-order valence-corrected chi connectivity index (χ4v) is 2.26. The maximum atomic E-state index is 12.9. The van der Waals surface area contributed by atoms with Crippen molar-refractivity contribution in [1.29, 1.82) is 0 Å². The van der Waals surface area contributed by atoms with Gasteiger partial charge in [-0.25, -0.2) is 14.0 Å². The number of rotatable bonds is 8.